The van der Waals surface area contributed by atoms with E-state index in [1.807, 2.05) is 43.3 Å². The first-order valence-electron chi connectivity index (χ1n) is 8.35. The highest BCUT2D eigenvalue weighted by molar-refractivity contribution is 5.95. The molecule has 1 amide bonds. The van der Waals surface area contributed by atoms with Crippen LogP contribution in [0.3, 0.4) is 0 Å². The van der Waals surface area contributed by atoms with Crippen LogP contribution in [-0.4, -0.2) is 75.7 Å². The van der Waals surface area contributed by atoms with Gasteiger partial charge < -0.3 is 14.5 Å². The molecule has 1 aromatic rings. The number of hydrogen-bond acceptors (Lipinski definition) is 5. The Kier molecular flexibility index (Phi) is 7.04. The summed E-state index contributed by atoms with van der Waals surface area (Å²) in [4.78, 5) is 18.9. The van der Waals surface area contributed by atoms with Gasteiger partial charge in [0, 0.05) is 58.1 Å². The van der Waals surface area contributed by atoms with Crippen LogP contribution in [0.15, 0.2) is 24.3 Å². The first-order chi connectivity index (χ1) is 11.6. The molecule has 1 aromatic carbocycles. The molecule has 1 saturated heterocycles. The van der Waals surface area contributed by atoms with E-state index in [0.29, 0.717) is 25.1 Å². The molecular weight excluding hydrogens is 304 g/mol. The molecule has 1 fully saturated rings. The smallest absolute Gasteiger partial charge is 0.254 e. The third-order valence-electron chi connectivity index (χ3n) is 4.18. The van der Waals surface area contributed by atoms with E-state index >= 15 is 0 Å². The van der Waals surface area contributed by atoms with Gasteiger partial charge in [0.2, 0.25) is 0 Å². The highest BCUT2D eigenvalue weighted by atomic mass is 16.5. The van der Waals surface area contributed by atoms with Gasteiger partial charge in [-0.3, -0.25) is 9.69 Å². The lowest BCUT2D eigenvalue weighted by molar-refractivity contribution is 0.0326. The van der Waals surface area contributed by atoms with Gasteiger partial charge in [0.15, 0.2) is 0 Å². The van der Waals surface area contributed by atoms with Crippen LogP contribution in [0.4, 0.5) is 5.69 Å². The molecule has 0 radical (unpaired) electrons. The zero-order chi connectivity index (χ0) is 17.4. The van der Waals surface area contributed by atoms with Gasteiger partial charge >= 0.3 is 0 Å². The Morgan fingerprint density at radius 2 is 2.04 bits per heavy atom. The van der Waals surface area contributed by atoms with E-state index in [9.17, 15) is 4.79 Å². The Balaban J connectivity index is 2.03. The summed E-state index contributed by atoms with van der Waals surface area (Å²) in [5.41, 5.74) is 1.66. The van der Waals surface area contributed by atoms with Gasteiger partial charge in [0.05, 0.1) is 25.7 Å². The maximum Gasteiger partial charge on any atom is 0.254 e. The number of hydrogen-bond donors (Lipinski definition) is 0. The number of nitrogens with zero attached hydrogens (tertiary/aromatic N) is 4. The molecular formula is C18H26N4O2. The molecule has 0 aliphatic carbocycles. The summed E-state index contributed by atoms with van der Waals surface area (Å²) < 4.78 is 5.35. The number of benzene rings is 1. The van der Waals surface area contributed by atoms with Crippen molar-refractivity contribution in [2.24, 2.45) is 0 Å². The van der Waals surface area contributed by atoms with Crippen molar-refractivity contribution in [3.63, 3.8) is 0 Å². The molecule has 0 unspecified atom stereocenters. The van der Waals surface area contributed by atoms with Crippen LogP contribution in [0, 0.1) is 11.3 Å². The lowest BCUT2D eigenvalue weighted by Crippen LogP contribution is -2.43. The van der Waals surface area contributed by atoms with Crippen LogP contribution in [0.1, 0.15) is 16.8 Å². The van der Waals surface area contributed by atoms with Crippen LogP contribution in [0.5, 0.6) is 0 Å². The largest absolute Gasteiger partial charge is 0.379 e. The van der Waals surface area contributed by atoms with Crippen molar-refractivity contribution in [3.8, 4) is 6.07 Å². The van der Waals surface area contributed by atoms with Gasteiger partial charge in [-0.2, -0.15) is 5.26 Å². The summed E-state index contributed by atoms with van der Waals surface area (Å²) in [6, 6.07) is 9.74. The summed E-state index contributed by atoms with van der Waals surface area (Å²) in [6.07, 6.45) is 0.349. The zero-order valence-corrected chi connectivity index (χ0v) is 14.6. The maximum atomic E-state index is 12.9. The average Bonchev–Trinajstić information content (AvgIpc) is 2.62. The average molecular weight is 330 g/mol. The molecule has 2 rings (SSSR count). The van der Waals surface area contributed by atoms with Gasteiger partial charge in [-0.25, -0.2) is 0 Å². The molecule has 1 aliphatic rings. The van der Waals surface area contributed by atoms with Crippen molar-refractivity contribution in [1.82, 2.24) is 9.80 Å². The summed E-state index contributed by atoms with van der Waals surface area (Å²) in [5, 5.41) is 8.88. The van der Waals surface area contributed by atoms with Gasteiger partial charge in [0.25, 0.3) is 5.91 Å². The minimum Gasteiger partial charge on any atom is -0.379 e. The van der Waals surface area contributed by atoms with Crippen LogP contribution < -0.4 is 4.90 Å². The number of carbonyl (C=O) groups excluding carboxylic acids is 1. The topological polar surface area (TPSA) is 59.8 Å². The van der Waals surface area contributed by atoms with E-state index in [4.69, 9.17) is 10.00 Å². The molecule has 24 heavy (non-hydrogen) atoms. The molecule has 0 aromatic heterocycles. The monoisotopic (exact) mass is 330 g/mol. The lowest BCUT2D eigenvalue weighted by atomic mass is 10.1. The SMILES string of the molecule is CN(C)c1cccc(C(=O)N(CCC#N)CCN2CCOCC2)c1. The fourth-order valence-electron chi connectivity index (χ4n) is 2.69. The van der Waals surface area contributed by atoms with E-state index in [-0.39, 0.29) is 5.91 Å². The third kappa shape index (κ3) is 5.22. The van der Waals surface area contributed by atoms with Crippen molar-refractivity contribution in [3.05, 3.63) is 29.8 Å². The van der Waals surface area contributed by atoms with Gasteiger partial charge in [-0.15, -0.1) is 0 Å². The maximum absolute atomic E-state index is 12.9. The molecule has 1 aliphatic heterocycles. The number of ether oxygens (including phenoxy) is 1. The molecule has 0 N–H and O–H groups in total. The Hall–Kier alpha value is -2.10. The minimum absolute atomic E-state index is 0.0118. The van der Waals surface area contributed by atoms with E-state index in [0.717, 1.165) is 38.5 Å². The summed E-state index contributed by atoms with van der Waals surface area (Å²) in [5.74, 6) is -0.0118. The Labute approximate surface area is 144 Å². The molecule has 6 heteroatoms. The van der Waals surface area contributed by atoms with Crippen LogP contribution >= 0.6 is 0 Å². The highest BCUT2D eigenvalue weighted by Gasteiger charge is 2.18. The Bertz CT molecular complexity index is 577. The lowest BCUT2D eigenvalue weighted by Gasteiger charge is -2.30. The molecule has 130 valence electrons. The van der Waals surface area contributed by atoms with E-state index in [2.05, 4.69) is 11.0 Å². The molecule has 0 bridgehead atoms. The van der Waals surface area contributed by atoms with Crippen LogP contribution in [-0.2, 0) is 4.74 Å². The van der Waals surface area contributed by atoms with Crippen LogP contribution in [0.2, 0.25) is 0 Å². The second kappa shape index (κ2) is 9.26. The number of amides is 1. The van der Waals surface area contributed by atoms with Gasteiger partial charge in [0.1, 0.15) is 0 Å². The number of carbonyl (C=O) groups is 1. The Morgan fingerprint density at radius 3 is 2.71 bits per heavy atom. The van der Waals surface area contributed by atoms with Crippen molar-refractivity contribution in [2.45, 2.75) is 6.42 Å². The fraction of sp³-hybridized carbons (Fsp3) is 0.556. The Morgan fingerprint density at radius 1 is 1.29 bits per heavy atom. The second-order valence-corrected chi connectivity index (χ2v) is 6.10. The van der Waals surface area contributed by atoms with E-state index in [1.54, 1.807) is 4.90 Å². The minimum atomic E-state index is -0.0118. The van der Waals surface area contributed by atoms with Crippen molar-refractivity contribution in [1.29, 1.82) is 5.26 Å². The molecule has 6 nitrogen and oxygen atoms in total. The standard InChI is InChI=1S/C18H26N4O2/c1-20(2)17-6-3-5-16(15-17)18(23)22(8-4-7-19)10-9-21-11-13-24-14-12-21/h3,5-6,15H,4,8-14H2,1-2H3. The molecule has 0 saturated carbocycles. The van der Waals surface area contributed by atoms with Crippen molar-refractivity contribution < 1.29 is 9.53 Å². The summed E-state index contributed by atoms with van der Waals surface area (Å²) in [6.45, 7) is 5.20. The van der Waals surface area contributed by atoms with Gasteiger partial charge in [-0.05, 0) is 18.2 Å². The normalized spacial score (nSPS) is 14.9. The quantitative estimate of drug-likeness (QED) is 0.757. The summed E-state index contributed by atoms with van der Waals surface area (Å²) >= 11 is 0. The molecule has 0 atom stereocenters. The first kappa shape index (κ1) is 18.2. The predicted molar refractivity (Wildman–Crippen MR) is 94.2 cm³/mol. The number of rotatable bonds is 7. The number of morpholine rings is 1. The molecule has 1 heterocycles. The van der Waals surface area contributed by atoms with Crippen molar-refractivity contribution in [2.75, 3.05) is 64.9 Å². The third-order valence-corrected chi connectivity index (χ3v) is 4.18. The van der Waals surface area contributed by atoms with Crippen LogP contribution in [0.25, 0.3) is 0 Å². The first-order valence-corrected chi connectivity index (χ1v) is 8.35. The van der Waals surface area contributed by atoms with E-state index in [1.165, 1.54) is 0 Å². The van der Waals surface area contributed by atoms with Gasteiger partial charge in [-0.1, -0.05) is 6.07 Å². The number of nitriles is 1. The van der Waals surface area contributed by atoms with E-state index < -0.39 is 0 Å². The summed E-state index contributed by atoms with van der Waals surface area (Å²) in [7, 11) is 3.91. The predicted octanol–water partition coefficient (Wildman–Crippen LogP) is 1.44. The fourth-order valence-corrected chi connectivity index (χ4v) is 2.69. The number of anilines is 1. The highest BCUT2D eigenvalue weighted by Crippen LogP contribution is 2.15. The second-order valence-electron chi connectivity index (χ2n) is 6.10. The van der Waals surface area contributed by atoms with Crippen molar-refractivity contribution >= 4 is 11.6 Å². The molecule has 0 spiro atoms. The zero-order valence-electron chi connectivity index (χ0n) is 14.6.